The van der Waals surface area contributed by atoms with E-state index in [9.17, 15) is 18.0 Å². The molecular formula is C10H9F3O3S. The van der Waals surface area contributed by atoms with Gasteiger partial charge in [0.25, 0.3) is 0 Å². The Hall–Kier alpha value is -1.37. The second-order valence-electron chi connectivity index (χ2n) is 2.91. The van der Waals surface area contributed by atoms with E-state index in [0.717, 1.165) is 13.2 Å². The van der Waals surface area contributed by atoms with Crippen molar-refractivity contribution in [3.05, 3.63) is 23.8 Å². The molecule has 0 amide bonds. The third kappa shape index (κ3) is 3.85. The first kappa shape index (κ1) is 13.7. The fourth-order valence-electron chi connectivity index (χ4n) is 1.13. The second kappa shape index (κ2) is 5.31. The Morgan fingerprint density at radius 1 is 1.29 bits per heavy atom. The predicted molar refractivity (Wildman–Crippen MR) is 56.2 cm³/mol. The molecule has 0 saturated heterocycles. The van der Waals surface area contributed by atoms with E-state index < -0.39 is 11.5 Å². The Morgan fingerprint density at radius 2 is 1.94 bits per heavy atom. The van der Waals surface area contributed by atoms with Crippen LogP contribution in [0.15, 0.2) is 23.1 Å². The van der Waals surface area contributed by atoms with Crippen molar-refractivity contribution in [1.82, 2.24) is 0 Å². The van der Waals surface area contributed by atoms with E-state index in [1.54, 1.807) is 0 Å². The molecule has 0 aliphatic heterocycles. The van der Waals surface area contributed by atoms with Gasteiger partial charge in [-0.15, -0.1) is 0 Å². The molecule has 94 valence electrons. The summed E-state index contributed by atoms with van der Waals surface area (Å²) in [6.45, 7) is 0. The molecular weight excluding hydrogens is 257 g/mol. The van der Waals surface area contributed by atoms with Gasteiger partial charge in [-0.1, -0.05) is 0 Å². The zero-order valence-corrected chi connectivity index (χ0v) is 9.82. The number of ether oxygens (including phenoxy) is 2. The molecule has 0 spiro atoms. The van der Waals surface area contributed by atoms with Crippen LogP contribution in [0.2, 0.25) is 0 Å². The zero-order chi connectivity index (χ0) is 13.1. The van der Waals surface area contributed by atoms with Gasteiger partial charge in [0.2, 0.25) is 0 Å². The molecule has 0 atom stereocenters. The lowest BCUT2D eigenvalue weighted by Crippen LogP contribution is -2.04. The minimum absolute atomic E-state index is 0.0417. The number of methoxy groups -OCH3 is 2. The summed E-state index contributed by atoms with van der Waals surface area (Å²) in [5, 5.41) is 0. The molecule has 0 aromatic heterocycles. The van der Waals surface area contributed by atoms with Gasteiger partial charge >= 0.3 is 11.5 Å². The average molecular weight is 266 g/mol. The zero-order valence-electron chi connectivity index (χ0n) is 9.00. The van der Waals surface area contributed by atoms with E-state index in [-0.39, 0.29) is 28.0 Å². The van der Waals surface area contributed by atoms with Crippen LogP contribution in [0.1, 0.15) is 10.4 Å². The number of carbonyl (C=O) groups excluding carboxylic acids is 1. The van der Waals surface area contributed by atoms with E-state index in [1.807, 2.05) is 0 Å². The number of hydrogen-bond donors (Lipinski definition) is 0. The first-order chi connectivity index (χ1) is 7.87. The molecule has 1 rings (SSSR count). The van der Waals surface area contributed by atoms with Crippen LogP contribution in [0.3, 0.4) is 0 Å². The Labute approximate surface area is 99.9 Å². The van der Waals surface area contributed by atoms with Gasteiger partial charge in [0.1, 0.15) is 5.75 Å². The molecule has 3 nitrogen and oxygen atoms in total. The Kier molecular flexibility index (Phi) is 4.28. The first-order valence-corrected chi connectivity index (χ1v) is 5.21. The normalized spacial score (nSPS) is 11.1. The molecule has 0 saturated carbocycles. The molecule has 1 aromatic carbocycles. The summed E-state index contributed by atoms with van der Waals surface area (Å²) in [6, 6.07) is 3.72. The van der Waals surface area contributed by atoms with E-state index in [2.05, 4.69) is 4.74 Å². The summed E-state index contributed by atoms with van der Waals surface area (Å²) in [6.07, 6.45) is 0. The third-order valence-electron chi connectivity index (χ3n) is 1.81. The maximum Gasteiger partial charge on any atom is 0.446 e. The average Bonchev–Trinajstić information content (AvgIpc) is 2.25. The number of rotatable bonds is 3. The van der Waals surface area contributed by atoms with Gasteiger partial charge in [0.05, 0.1) is 24.7 Å². The Morgan fingerprint density at radius 3 is 2.41 bits per heavy atom. The van der Waals surface area contributed by atoms with Gasteiger partial charge in [0, 0.05) is 0 Å². The SMILES string of the molecule is COC(=O)c1ccc(OC)c(SC(F)(F)F)c1. The highest BCUT2D eigenvalue weighted by Gasteiger charge is 2.31. The van der Waals surface area contributed by atoms with Crippen molar-refractivity contribution in [2.24, 2.45) is 0 Å². The van der Waals surface area contributed by atoms with Crippen molar-refractivity contribution in [2.75, 3.05) is 14.2 Å². The highest BCUT2D eigenvalue weighted by atomic mass is 32.2. The summed E-state index contributed by atoms with van der Waals surface area (Å²) in [5.74, 6) is -0.642. The van der Waals surface area contributed by atoms with Gasteiger partial charge in [0.15, 0.2) is 0 Å². The van der Waals surface area contributed by atoms with Crippen molar-refractivity contribution in [3.8, 4) is 5.75 Å². The molecule has 17 heavy (non-hydrogen) atoms. The van der Waals surface area contributed by atoms with Gasteiger partial charge < -0.3 is 9.47 Å². The molecule has 0 aliphatic carbocycles. The van der Waals surface area contributed by atoms with Gasteiger partial charge in [-0.2, -0.15) is 13.2 Å². The summed E-state index contributed by atoms with van der Waals surface area (Å²) >= 11 is -0.339. The minimum Gasteiger partial charge on any atom is -0.496 e. The number of alkyl halides is 3. The minimum atomic E-state index is -4.44. The van der Waals surface area contributed by atoms with E-state index >= 15 is 0 Å². The smallest absolute Gasteiger partial charge is 0.446 e. The standard InChI is InChI=1S/C10H9F3O3S/c1-15-7-4-3-6(9(14)16-2)5-8(7)17-10(11,12)13/h3-5H,1-2H3. The first-order valence-electron chi connectivity index (χ1n) is 4.39. The third-order valence-corrected chi connectivity index (χ3v) is 2.58. The van der Waals surface area contributed by atoms with Crippen LogP contribution in [0.4, 0.5) is 13.2 Å². The monoisotopic (exact) mass is 266 g/mol. The van der Waals surface area contributed by atoms with Crippen molar-refractivity contribution in [3.63, 3.8) is 0 Å². The fraction of sp³-hybridized carbons (Fsp3) is 0.300. The molecule has 1 aromatic rings. The van der Waals surface area contributed by atoms with E-state index in [0.29, 0.717) is 0 Å². The number of esters is 1. The molecule has 0 heterocycles. The molecule has 0 aliphatic rings. The lowest BCUT2D eigenvalue weighted by Gasteiger charge is -2.11. The molecule has 0 unspecified atom stereocenters. The highest BCUT2D eigenvalue weighted by Crippen LogP contribution is 2.41. The molecule has 0 bridgehead atoms. The van der Waals surface area contributed by atoms with Crippen LogP contribution in [-0.2, 0) is 4.74 Å². The largest absolute Gasteiger partial charge is 0.496 e. The lowest BCUT2D eigenvalue weighted by molar-refractivity contribution is -0.0329. The van der Waals surface area contributed by atoms with E-state index in [4.69, 9.17) is 4.74 Å². The molecule has 0 fully saturated rings. The Balaban J connectivity index is 3.11. The summed E-state index contributed by atoms with van der Waals surface area (Å²) in [7, 11) is 2.41. The number of thioether (sulfide) groups is 1. The van der Waals surface area contributed by atoms with Crippen LogP contribution in [0.5, 0.6) is 5.75 Å². The molecule has 0 radical (unpaired) electrons. The number of benzene rings is 1. The van der Waals surface area contributed by atoms with E-state index in [1.165, 1.54) is 19.2 Å². The highest BCUT2D eigenvalue weighted by molar-refractivity contribution is 8.00. The van der Waals surface area contributed by atoms with Crippen LogP contribution < -0.4 is 4.74 Å². The van der Waals surface area contributed by atoms with Crippen molar-refractivity contribution in [2.45, 2.75) is 10.4 Å². The fourth-order valence-corrected chi connectivity index (χ4v) is 1.81. The summed E-state index contributed by atoms with van der Waals surface area (Å²) in [5.41, 5.74) is -4.40. The van der Waals surface area contributed by atoms with Crippen LogP contribution in [-0.4, -0.2) is 25.7 Å². The van der Waals surface area contributed by atoms with Crippen molar-refractivity contribution < 1.29 is 27.4 Å². The summed E-state index contributed by atoms with van der Waals surface area (Å²) < 4.78 is 46.0. The van der Waals surface area contributed by atoms with Crippen LogP contribution in [0.25, 0.3) is 0 Å². The topological polar surface area (TPSA) is 35.5 Å². The predicted octanol–water partition coefficient (Wildman–Crippen LogP) is 3.09. The maximum absolute atomic E-state index is 12.3. The Bertz CT molecular complexity index is 418. The van der Waals surface area contributed by atoms with Crippen LogP contribution >= 0.6 is 11.8 Å². The van der Waals surface area contributed by atoms with Gasteiger partial charge in [-0.25, -0.2) is 4.79 Å². The van der Waals surface area contributed by atoms with Gasteiger partial charge in [-0.05, 0) is 30.0 Å². The maximum atomic E-state index is 12.3. The quantitative estimate of drug-likeness (QED) is 0.622. The van der Waals surface area contributed by atoms with Crippen LogP contribution in [0, 0.1) is 0 Å². The van der Waals surface area contributed by atoms with Gasteiger partial charge in [-0.3, -0.25) is 0 Å². The lowest BCUT2D eigenvalue weighted by atomic mass is 10.2. The van der Waals surface area contributed by atoms with Crippen molar-refractivity contribution in [1.29, 1.82) is 0 Å². The summed E-state index contributed by atoms with van der Waals surface area (Å²) in [4.78, 5) is 11.0. The molecule has 7 heteroatoms. The number of carbonyl (C=O) groups is 1. The number of halogens is 3. The molecule has 0 N–H and O–H groups in total. The second-order valence-corrected chi connectivity index (χ2v) is 4.01. The number of hydrogen-bond acceptors (Lipinski definition) is 4. The van der Waals surface area contributed by atoms with Crippen molar-refractivity contribution >= 4 is 17.7 Å².